The number of halogens is 8. The second-order valence-electron chi connectivity index (χ2n) is 28.9. The molecule has 0 aromatic heterocycles. The molecule has 0 spiro atoms. The molecule has 137 heavy (non-hydrogen) atoms. The Morgan fingerprint density at radius 3 is 1.34 bits per heavy atom. The van der Waals surface area contributed by atoms with Gasteiger partial charge in [-0.05, 0) is 165 Å². The van der Waals surface area contributed by atoms with Crippen molar-refractivity contribution in [3.05, 3.63) is 323 Å². The van der Waals surface area contributed by atoms with Crippen LogP contribution in [0.2, 0.25) is 35.2 Å². The number of hydrogen-bond donors (Lipinski definition) is 7. The average Bonchev–Trinajstić information content (AvgIpc) is 1.73. The van der Waals surface area contributed by atoms with Crippen molar-refractivity contribution in [3.63, 3.8) is 0 Å². The first-order valence-corrected chi connectivity index (χ1v) is 45.0. The van der Waals surface area contributed by atoms with Gasteiger partial charge in [-0.15, -0.1) is 0 Å². The van der Waals surface area contributed by atoms with Crippen LogP contribution in [0.1, 0.15) is 90.9 Å². The number of amides is 1. The zero-order valence-electron chi connectivity index (χ0n) is 75.8. The fourth-order valence-corrected chi connectivity index (χ4v) is 13.0. The van der Waals surface area contributed by atoms with Gasteiger partial charge in [0.25, 0.3) is 5.91 Å². The summed E-state index contributed by atoms with van der Waals surface area (Å²) in [6.07, 6.45) is 3.32. The standard InChI is InChI=1S/C21H22ClFN2O3.C16H15ClO3.C14H11ClO2.C13H11ClO2.2C9H9ClO3.C7H5ClO2.C4H8O2.C4H8O.C2H6O.CH4O.CH4.H2NO.Na/c1-14-11-24(12-15-2-5-17(23)6-3-15)8-9-25(14)21(26)20-13-27-19-10-16(22)4-7-18(19)28-20;17-13-6-7-15(16(8-13)20-11-14-10-18-14)19-9-12-4-2-1-3-5-12;15-13-6-7-14(12(8-13)9-16)17-10-11-4-2-1-3-5-11;14-11-6-7-13(12(15)8-11)16-9-10-4-2-1-3-5-10;10-6-1-2-8(11)9(3-6)13-5-7-4-12-7;10-6-1-2-8-9(3-6)12-5-7(4-11)13-8;8-6-1-2-7(10)5(3-6)4-9;1-3-6-4(2)5;1-2-4-5-3-1;1-2-3;1-2;;1-2;/h2-7,10,14,20H,8-9,11-13H2,1H3;1-8,14H,9-11H2;1-9H,10H2;1-8,15H,9H2;2*1-3,7,11H,4-5H2;1-4,10H;3H2,1-2H3;1-4H2;3H,2H2,1H3;2H,1H3;1H4;1-2H;/q;;;;;;;;;;;;-1;+1/t14-,20?;;;;;;;;;;;;;/m1............./s1. The van der Waals surface area contributed by atoms with Crippen LogP contribution in [0.3, 0.4) is 0 Å². The maximum atomic E-state index is 13.1. The molecule has 36 heteroatoms. The van der Waals surface area contributed by atoms with E-state index in [-0.39, 0.29) is 122 Å². The van der Waals surface area contributed by atoms with Gasteiger partial charge in [0, 0.05) is 132 Å². The van der Waals surface area contributed by atoms with Crippen molar-refractivity contribution in [1.29, 1.82) is 0 Å². The number of carbonyl (C=O) groups excluding carboxylic acids is 4. The molecule has 734 valence electrons. The zero-order chi connectivity index (χ0) is 98.2. The summed E-state index contributed by atoms with van der Waals surface area (Å²) in [5, 5.41) is 61.3. The summed E-state index contributed by atoms with van der Waals surface area (Å²) in [5.41, 5.74) is 4.96. The maximum Gasteiger partial charge on any atom is 1.00 e. The van der Waals surface area contributed by atoms with E-state index in [2.05, 4.69) is 9.64 Å². The number of aliphatic hydroxyl groups excluding tert-OH is 3. The molecule has 6 heterocycles. The number of benzene rings is 11. The number of rotatable bonds is 22. The van der Waals surface area contributed by atoms with Crippen molar-refractivity contribution in [2.75, 3.05) is 99.4 Å². The molecule has 17 rings (SSSR count). The fourth-order valence-electron chi connectivity index (χ4n) is 11.8. The van der Waals surface area contributed by atoms with Crippen molar-refractivity contribution in [3.8, 4) is 69.0 Å². The van der Waals surface area contributed by atoms with Crippen LogP contribution >= 0.6 is 81.2 Å². The van der Waals surface area contributed by atoms with Crippen LogP contribution in [0.5, 0.6) is 69.0 Å². The molecule has 0 aliphatic carbocycles. The molecule has 11 aromatic rings. The van der Waals surface area contributed by atoms with E-state index in [4.69, 9.17) is 170 Å². The van der Waals surface area contributed by atoms with Gasteiger partial charge in [-0.3, -0.25) is 24.1 Å². The van der Waals surface area contributed by atoms with Gasteiger partial charge in [-0.25, -0.2) is 4.39 Å². The van der Waals surface area contributed by atoms with E-state index in [1.807, 2.05) is 109 Å². The summed E-state index contributed by atoms with van der Waals surface area (Å²) in [7, 11) is 1.00. The first-order valence-electron chi connectivity index (χ1n) is 42.3. The van der Waals surface area contributed by atoms with Gasteiger partial charge in [0.05, 0.1) is 37.6 Å². The van der Waals surface area contributed by atoms with Crippen molar-refractivity contribution in [1.82, 2.24) is 9.80 Å². The molecule has 6 aliphatic rings. The molecule has 4 saturated heterocycles. The fraction of sp³-hybridized carbons (Fsp3) is 0.307. The predicted molar refractivity (Wildman–Crippen MR) is 525 cm³/mol. The number of aliphatic hydroxyl groups is 3. The number of phenols is 3. The minimum absolute atomic E-state index is 0. The molecule has 8 N–H and O–H groups in total. The van der Waals surface area contributed by atoms with E-state index in [1.54, 1.807) is 117 Å². The van der Waals surface area contributed by atoms with Gasteiger partial charge in [0.1, 0.15) is 75.8 Å². The molecule has 0 radical (unpaired) electrons. The van der Waals surface area contributed by atoms with Crippen molar-refractivity contribution in [2.24, 2.45) is 0 Å². The number of nitrogens with zero attached hydrogens (tertiary/aromatic N) is 2. The second kappa shape index (κ2) is 68.0. The monoisotopic (exact) mass is 2040 g/mol. The number of hydrogen-bond acceptors (Lipinski definition) is 25. The number of nitrogens with one attached hydrogen (secondary N) is 1. The van der Waals surface area contributed by atoms with Gasteiger partial charge in [0.15, 0.2) is 76.2 Å². The Morgan fingerprint density at radius 1 is 0.467 bits per heavy atom. The third kappa shape index (κ3) is 46.9. The summed E-state index contributed by atoms with van der Waals surface area (Å²) in [6, 6.07) is 70.6. The largest absolute Gasteiger partial charge is 1.00 e. The molecule has 0 bridgehead atoms. The maximum absolute atomic E-state index is 13.1. The van der Waals surface area contributed by atoms with Gasteiger partial charge in [-0.1, -0.05) is 192 Å². The quantitative estimate of drug-likeness (QED) is 0.0109. The molecule has 4 unspecified atom stereocenters. The summed E-state index contributed by atoms with van der Waals surface area (Å²) in [4.78, 5) is 47.9. The third-order valence-electron chi connectivity index (χ3n) is 18.5. The van der Waals surface area contributed by atoms with E-state index in [9.17, 15) is 33.8 Å². The van der Waals surface area contributed by atoms with E-state index in [0.29, 0.717) is 152 Å². The van der Waals surface area contributed by atoms with Crippen molar-refractivity contribution >= 4 is 106 Å². The molecule has 1 amide bonds. The molecule has 4 fully saturated rings. The molecular weight excluding hydrogens is 1930 g/mol. The Morgan fingerprint density at radius 2 is 0.891 bits per heavy atom. The number of esters is 1. The van der Waals surface area contributed by atoms with Crippen LogP contribution in [-0.2, 0) is 54.9 Å². The van der Waals surface area contributed by atoms with Crippen LogP contribution in [0.4, 0.5) is 4.39 Å². The molecule has 27 nitrogen and oxygen atoms in total. The van der Waals surface area contributed by atoms with Gasteiger partial charge in [0.2, 0.25) is 6.10 Å². The number of aldehydes is 2. The first kappa shape index (κ1) is 119. The predicted octanol–water partition coefficient (Wildman–Crippen LogP) is 18.6. The topological polar surface area (TPSA) is 367 Å². The number of aromatic hydroxyl groups is 3. The van der Waals surface area contributed by atoms with Gasteiger partial charge >= 0.3 is 35.5 Å². The van der Waals surface area contributed by atoms with E-state index in [1.165, 1.54) is 62.2 Å². The number of piperazine rings is 1. The van der Waals surface area contributed by atoms with Crippen LogP contribution in [-0.4, -0.2) is 200 Å². The summed E-state index contributed by atoms with van der Waals surface area (Å²) in [5.74, 6) is 9.48. The normalized spacial score (nSPS) is 15.3. The third-order valence-corrected chi connectivity index (χ3v) is 20.1. The van der Waals surface area contributed by atoms with Crippen LogP contribution in [0.25, 0.3) is 5.90 Å². The number of phenolic OH excluding ortho intramolecular Hbond substituents is 3. The molecular formula is C101H114Cl7FN3NaO24. The van der Waals surface area contributed by atoms with Crippen LogP contribution in [0.15, 0.2) is 243 Å². The van der Waals surface area contributed by atoms with Crippen LogP contribution < -0.4 is 72.2 Å². The van der Waals surface area contributed by atoms with Gasteiger partial charge in [-0.2, -0.15) is 0 Å². The molecule has 11 aromatic carbocycles. The Labute approximate surface area is 855 Å². The summed E-state index contributed by atoms with van der Waals surface area (Å²) in [6.45, 7) is 16.8. The minimum Gasteiger partial charge on any atom is -0.553 e. The zero-order valence-corrected chi connectivity index (χ0v) is 83.1. The Kier molecular flexibility index (Phi) is 59.2. The second-order valence-corrected chi connectivity index (χ2v) is 32.0. The summed E-state index contributed by atoms with van der Waals surface area (Å²) >= 11 is 40.5. The van der Waals surface area contributed by atoms with E-state index in [0.717, 1.165) is 81.7 Å². The SMILES string of the molecule is C.C1CCOC1.CCO.CCOC(C)=O.CO.C[C@@H]1CN(Cc2ccc(F)cc2)CCN1C(=O)C1COc2cc(Cl)ccc2O1.Clc1ccc(OCc2ccccc2)c(OCC2CO2)c1.O=Cc1cc(Cl)ccc1O.O=Cc1cc(Cl)ccc1OCc1ccccc1.OCC1COc2cc(Cl)ccc2O1.Oc1cc(Cl)ccc1OCc1ccccc1.Oc1ccc(Cl)cc1OCC1CO1.[NH-]O.[Na+]. The van der Waals surface area contributed by atoms with E-state index < -0.39 is 6.10 Å². The van der Waals surface area contributed by atoms with Crippen molar-refractivity contribution < 1.29 is 151 Å². The Hall–Kier alpha value is -10.1. The number of epoxide rings is 2. The number of carbonyl (C=O) groups is 4. The van der Waals surface area contributed by atoms with E-state index >= 15 is 0 Å². The smallest absolute Gasteiger partial charge is 0.553 e. The average molecular weight is 2040 g/mol. The van der Waals surface area contributed by atoms with Gasteiger partial charge < -0.3 is 108 Å². The van der Waals surface area contributed by atoms with Crippen LogP contribution in [0, 0.1) is 5.82 Å². The number of fused-ring (bicyclic) bond motifs is 2. The van der Waals surface area contributed by atoms with Crippen molar-refractivity contribution in [2.45, 2.75) is 105 Å². The Balaban J connectivity index is 0.000000329. The molecule has 6 aliphatic heterocycles. The number of ether oxygens (including phenoxy) is 13. The first-order chi connectivity index (χ1) is 65.3. The summed E-state index contributed by atoms with van der Waals surface area (Å²) < 4.78 is 82.6. The molecule has 5 atom stereocenters. The Bertz CT molecular complexity index is 5280. The minimum atomic E-state index is -0.653. The molecule has 0 saturated carbocycles.